The average molecular weight is 410 g/mol. The van der Waals surface area contributed by atoms with Crippen molar-refractivity contribution in [2.75, 3.05) is 11.9 Å². The van der Waals surface area contributed by atoms with E-state index in [4.69, 9.17) is 9.47 Å². The molecule has 0 radical (unpaired) electrons. The molecule has 0 bridgehead atoms. The van der Waals surface area contributed by atoms with E-state index in [0.717, 1.165) is 34.7 Å². The topological polar surface area (TPSA) is 30.5 Å². The number of ether oxygens (including phenoxy) is 2. The van der Waals surface area contributed by atoms with Crippen molar-refractivity contribution in [1.82, 2.24) is 0 Å². The maximum Gasteiger partial charge on any atom is 0.142 e. The lowest BCUT2D eigenvalue weighted by atomic mass is 10.2. The van der Waals surface area contributed by atoms with Gasteiger partial charge in [0.15, 0.2) is 0 Å². The molecule has 0 saturated heterocycles. The van der Waals surface area contributed by atoms with Gasteiger partial charge in [0, 0.05) is 13.0 Å². The van der Waals surface area contributed by atoms with E-state index in [1.165, 1.54) is 5.56 Å². The summed E-state index contributed by atoms with van der Waals surface area (Å²) in [4.78, 5) is 0. The van der Waals surface area contributed by atoms with Gasteiger partial charge in [0.25, 0.3) is 0 Å². The second-order valence-electron chi connectivity index (χ2n) is 7.36. The van der Waals surface area contributed by atoms with Crippen molar-refractivity contribution in [2.45, 2.75) is 19.6 Å². The van der Waals surface area contributed by atoms with Crippen molar-refractivity contribution in [3.05, 3.63) is 126 Å². The molecule has 1 N–H and O–H groups in total. The van der Waals surface area contributed by atoms with Gasteiger partial charge in [-0.3, -0.25) is 0 Å². The first kappa shape index (κ1) is 20.5. The number of benzene rings is 4. The van der Waals surface area contributed by atoms with Crippen molar-refractivity contribution in [3.8, 4) is 11.5 Å². The predicted octanol–water partition coefficient (Wildman–Crippen LogP) is 6.50. The lowest BCUT2D eigenvalue weighted by Gasteiger charge is -2.14. The van der Waals surface area contributed by atoms with Crippen LogP contribution in [0.2, 0.25) is 0 Å². The highest BCUT2D eigenvalue weighted by Gasteiger charge is 2.04. The molecule has 0 aliphatic rings. The lowest BCUT2D eigenvalue weighted by molar-refractivity contribution is 0.307. The summed E-state index contributed by atoms with van der Waals surface area (Å²) in [7, 11) is 0. The lowest BCUT2D eigenvalue weighted by Crippen LogP contribution is -2.04. The predicted molar refractivity (Wildman–Crippen MR) is 127 cm³/mol. The first-order chi connectivity index (χ1) is 15.4. The summed E-state index contributed by atoms with van der Waals surface area (Å²) >= 11 is 0. The summed E-state index contributed by atoms with van der Waals surface area (Å²) in [5.41, 5.74) is 4.58. The maximum absolute atomic E-state index is 6.04. The summed E-state index contributed by atoms with van der Waals surface area (Å²) in [6.45, 7) is 1.91. The van der Waals surface area contributed by atoms with Gasteiger partial charge >= 0.3 is 0 Å². The van der Waals surface area contributed by atoms with Crippen LogP contribution in [-0.2, 0) is 19.6 Å². The third kappa shape index (κ3) is 6.38. The van der Waals surface area contributed by atoms with Crippen LogP contribution in [0.5, 0.6) is 11.5 Å². The molecule has 0 amide bonds. The molecule has 0 aromatic heterocycles. The van der Waals surface area contributed by atoms with E-state index in [9.17, 15) is 0 Å². The standard InChI is InChI=1S/C28H27NO2/c1-3-10-23(11-4-1)18-19-30-26-15-9-14-25(20-26)21-29-27-16-7-8-17-28(27)31-22-24-12-5-2-6-13-24/h1-17,20,29H,18-19,21-22H2. The fourth-order valence-electron chi connectivity index (χ4n) is 3.35. The van der Waals surface area contributed by atoms with Crippen LogP contribution in [0.1, 0.15) is 16.7 Å². The van der Waals surface area contributed by atoms with Gasteiger partial charge in [0.1, 0.15) is 18.1 Å². The molecule has 4 rings (SSSR count). The van der Waals surface area contributed by atoms with Crippen molar-refractivity contribution in [2.24, 2.45) is 0 Å². The Labute approximate surface area is 184 Å². The summed E-state index contributed by atoms with van der Waals surface area (Å²) in [5.74, 6) is 1.74. The molecule has 4 aromatic rings. The van der Waals surface area contributed by atoms with E-state index in [0.29, 0.717) is 19.8 Å². The second-order valence-corrected chi connectivity index (χ2v) is 7.36. The van der Waals surface area contributed by atoms with Crippen LogP contribution in [0.25, 0.3) is 0 Å². The number of anilines is 1. The van der Waals surface area contributed by atoms with Crippen LogP contribution in [0, 0.1) is 0 Å². The molecule has 156 valence electrons. The van der Waals surface area contributed by atoms with E-state index in [1.807, 2.05) is 60.7 Å². The molecule has 0 unspecified atom stereocenters. The van der Waals surface area contributed by atoms with Crippen LogP contribution in [0.3, 0.4) is 0 Å². The van der Waals surface area contributed by atoms with Crippen LogP contribution in [0.15, 0.2) is 109 Å². The molecular weight excluding hydrogens is 382 g/mol. The summed E-state index contributed by atoms with van der Waals surface area (Å²) in [5, 5.41) is 3.49. The summed E-state index contributed by atoms with van der Waals surface area (Å²) < 4.78 is 12.0. The molecular formula is C28H27NO2. The minimum atomic E-state index is 0.546. The van der Waals surface area contributed by atoms with E-state index >= 15 is 0 Å². The number of para-hydroxylation sites is 2. The second kappa shape index (κ2) is 10.9. The molecule has 3 nitrogen and oxygen atoms in total. The van der Waals surface area contributed by atoms with E-state index in [-0.39, 0.29) is 0 Å². The van der Waals surface area contributed by atoms with Crippen LogP contribution in [-0.4, -0.2) is 6.61 Å². The Morgan fingerprint density at radius 3 is 2.06 bits per heavy atom. The normalized spacial score (nSPS) is 10.5. The third-order valence-electron chi connectivity index (χ3n) is 5.01. The highest BCUT2D eigenvalue weighted by Crippen LogP contribution is 2.26. The first-order valence-corrected chi connectivity index (χ1v) is 10.6. The fourth-order valence-corrected chi connectivity index (χ4v) is 3.35. The molecule has 0 atom stereocenters. The average Bonchev–Trinajstić information content (AvgIpc) is 2.83. The quantitative estimate of drug-likeness (QED) is 0.324. The van der Waals surface area contributed by atoms with Gasteiger partial charge in [-0.2, -0.15) is 0 Å². The molecule has 31 heavy (non-hydrogen) atoms. The van der Waals surface area contributed by atoms with Gasteiger partial charge in [-0.1, -0.05) is 84.9 Å². The Balaban J connectivity index is 1.31. The van der Waals surface area contributed by atoms with Crippen LogP contribution in [0.4, 0.5) is 5.69 Å². The largest absolute Gasteiger partial charge is 0.493 e. The molecule has 0 saturated carbocycles. The number of nitrogens with one attached hydrogen (secondary N) is 1. The third-order valence-corrected chi connectivity index (χ3v) is 5.01. The van der Waals surface area contributed by atoms with Gasteiger partial charge in [0.05, 0.1) is 12.3 Å². The zero-order valence-corrected chi connectivity index (χ0v) is 17.5. The van der Waals surface area contributed by atoms with Crippen molar-refractivity contribution in [3.63, 3.8) is 0 Å². The minimum Gasteiger partial charge on any atom is -0.493 e. The molecule has 0 heterocycles. The molecule has 4 aromatic carbocycles. The highest BCUT2D eigenvalue weighted by atomic mass is 16.5. The fraction of sp³-hybridized carbons (Fsp3) is 0.143. The number of rotatable bonds is 10. The molecule has 0 spiro atoms. The molecule has 0 aliphatic carbocycles. The minimum absolute atomic E-state index is 0.546. The SMILES string of the molecule is c1ccc(CCOc2cccc(CNc3ccccc3OCc3ccccc3)c2)cc1. The van der Waals surface area contributed by atoms with E-state index < -0.39 is 0 Å². The zero-order chi connectivity index (χ0) is 21.1. The smallest absolute Gasteiger partial charge is 0.142 e. The molecule has 3 heteroatoms. The monoisotopic (exact) mass is 409 g/mol. The summed E-state index contributed by atoms with van der Waals surface area (Å²) in [6.07, 6.45) is 0.898. The van der Waals surface area contributed by atoms with Crippen LogP contribution < -0.4 is 14.8 Å². The maximum atomic E-state index is 6.04. The van der Waals surface area contributed by atoms with Gasteiger partial charge < -0.3 is 14.8 Å². The van der Waals surface area contributed by atoms with Gasteiger partial charge in [-0.15, -0.1) is 0 Å². The molecule has 0 fully saturated rings. The van der Waals surface area contributed by atoms with Crippen LogP contribution >= 0.6 is 0 Å². The highest BCUT2D eigenvalue weighted by molar-refractivity contribution is 5.56. The van der Waals surface area contributed by atoms with Crippen molar-refractivity contribution < 1.29 is 9.47 Å². The Morgan fingerprint density at radius 2 is 1.26 bits per heavy atom. The van der Waals surface area contributed by atoms with Crippen molar-refractivity contribution in [1.29, 1.82) is 0 Å². The van der Waals surface area contributed by atoms with Gasteiger partial charge in [-0.05, 0) is 41.0 Å². The zero-order valence-electron chi connectivity index (χ0n) is 17.5. The van der Waals surface area contributed by atoms with E-state index in [2.05, 4.69) is 53.8 Å². The molecule has 0 aliphatic heterocycles. The Morgan fingerprint density at radius 1 is 0.581 bits per heavy atom. The Kier molecular flexibility index (Phi) is 7.22. The van der Waals surface area contributed by atoms with E-state index in [1.54, 1.807) is 0 Å². The summed E-state index contributed by atoms with van der Waals surface area (Å²) in [6, 6.07) is 36.9. The number of hydrogen-bond acceptors (Lipinski definition) is 3. The van der Waals surface area contributed by atoms with Crippen molar-refractivity contribution >= 4 is 5.69 Å². The first-order valence-electron chi connectivity index (χ1n) is 10.6. The Hall–Kier alpha value is -3.72. The number of hydrogen-bond donors (Lipinski definition) is 1. The van der Waals surface area contributed by atoms with Gasteiger partial charge in [-0.25, -0.2) is 0 Å². The van der Waals surface area contributed by atoms with Gasteiger partial charge in [0.2, 0.25) is 0 Å². The Bertz CT molecular complexity index is 1060.